The summed E-state index contributed by atoms with van der Waals surface area (Å²) in [4.78, 5) is 17.6. The van der Waals surface area contributed by atoms with Crippen molar-refractivity contribution in [1.29, 1.82) is 0 Å². The van der Waals surface area contributed by atoms with Crippen molar-refractivity contribution in [3.63, 3.8) is 0 Å². The van der Waals surface area contributed by atoms with E-state index in [2.05, 4.69) is 4.90 Å². The summed E-state index contributed by atoms with van der Waals surface area (Å²) in [5, 5.41) is 9.86. The van der Waals surface area contributed by atoms with Crippen molar-refractivity contribution >= 4 is 5.91 Å². The van der Waals surface area contributed by atoms with Gasteiger partial charge in [0.1, 0.15) is 17.9 Å². The van der Waals surface area contributed by atoms with Crippen LogP contribution in [0.4, 0.5) is 0 Å². The van der Waals surface area contributed by atoms with Gasteiger partial charge in [-0.2, -0.15) is 0 Å². The van der Waals surface area contributed by atoms with E-state index in [-0.39, 0.29) is 24.2 Å². The van der Waals surface area contributed by atoms with Gasteiger partial charge < -0.3 is 19.2 Å². The number of benzene rings is 1. The normalized spacial score (nSPS) is 23.3. The highest BCUT2D eigenvalue weighted by molar-refractivity contribution is 5.83. The molecule has 6 nitrogen and oxygen atoms in total. The van der Waals surface area contributed by atoms with Crippen LogP contribution in [0.5, 0.6) is 0 Å². The molecular formula is C21H26N2O4. The monoisotopic (exact) mass is 370 g/mol. The standard InChI is InChI=1S/C21H26N2O4/c24-17-8-10-22(11-9-17)20(16-5-2-1-3-6-16)21(25)23-12-14-27-19(15-23)18-7-4-13-26-18/h1-7,13,17,19-20,24H,8-12,14-15H2. The zero-order valence-electron chi connectivity index (χ0n) is 15.4. The van der Waals surface area contributed by atoms with Crippen molar-refractivity contribution in [2.45, 2.75) is 31.1 Å². The Balaban J connectivity index is 1.55. The summed E-state index contributed by atoms with van der Waals surface area (Å²) in [6.45, 7) is 3.01. The fourth-order valence-corrected chi connectivity index (χ4v) is 3.96. The van der Waals surface area contributed by atoms with E-state index in [0.29, 0.717) is 32.5 Å². The molecule has 144 valence electrons. The summed E-state index contributed by atoms with van der Waals surface area (Å²) < 4.78 is 11.3. The average molecular weight is 370 g/mol. The van der Waals surface area contributed by atoms with Gasteiger partial charge in [0.25, 0.3) is 0 Å². The van der Waals surface area contributed by atoms with Gasteiger partial charge in [-0.15, -0.1) is 0 Å². The van der Waals surface area contributed by atoms with Crippen LogP contribution < -0.4 is 0 Å². The number of aliphatic hydroxyl groups is 1. The predicted molar refractivity (Wildman–Crippen MR) is 100.0 cm³/mol. The highest BCUT2D eigenvalue weighted by Crippen LogP contribution is 2.30. The second kappa shape index (κ2) is 8.25. The predicted octanol–water partition coefficient (Wildman–Crippen LogP) is 2.38. The van der Waals surface area contributed by atoms with Crippen LogP contribution in [0.3, 0.4) is 0 Å². The molecule has 2 aliphatic rings. The average Bonchev–Trinajstić information content (AvgIpc) is 3.25. The molecule has 0 aliphatic carbocycles. The Morgan fingerprint density at radius 1 is 1.07 bits per heavy atom. The maximum Gasteiger partial charge on any atom is 0.244 e. The Kier molecular flexibility index (Phi) is 5.57. The third kappa shape index (κ3) is 4.08. The first kappa shape index (κ1) is 18.2. The molecule has 2 aliphatic heterocycles. The van der Waals surface area contributed by atoms with Gasteiger partial charge in [-0.05, 0) is 30.5 Å². The number of ether oxygens (including phenoxy) is 1. The number of aliphatic hydroxyl groups excluding tert-OH is 1. The quantitative estimate of drug-likeness (QED) is 0.895. The van der Waals surface area contributed by atoms with Crippen molar-refractivity contribution in [2.24, 2.45) is 0 Å². The number of morpholine rings is 1. The van der Waals surface area contributed by atoms with Crippen LogP contribution in [0, 0.1) is 0 Å². The van der Waals surface area contributed by atoms with Gasteiger partial charge in [0.2, 0.25) is 5.91 Å². The van der Waals surface area contributed by atoms with Crippen LogP contribution in [0.25, 0.3) is 0 Å². The minimum absolute atomic E-state index is 0.0949. The molecule has 2 saturated heterocycles. The minimum Gasteiger partial charge on any atom is -0.467 e. The van der Waals surface area contributed by atoms with E-state index in [0.717, 1.165) is 24.4 Å². The molecule has 2 fully saturated rings. The van der Waals surface area contributed by atoms with E-state index in [1.165, 1.54) is 0 Å². The van der Waals surface area contributed by atoms with Crippen LogP contribution in [0.2, 0.25) is 0 Å². The summed E-state index contributed by atoms with van der Waals surface area (Å²) in [6, 6.07) is 13.3. The summed E-state index contributed by atoms with van der Waals surface area (Å²) in [5.74, 6) is 0.849. The highest BCUT2D eigenvalue weighted by atomic mass is 16.5. The molecule has 1 aromatic heterocycles. The molecule has 0 bridgehead atoms. The van der Waals surface area contributed by atoms with Gasteiger partial charge in [0.15, 0.2) is 0 Å². The number of piperidine rings is 1. The zero-order chi connectivity index (χ0) is 18.6. The second-order valence-electron chi connectivity index (χ2n) is 7.24. The smallest absolute Gasteiger partial charge is 0.244 e. The number of rotatable bonds is 4. The summed E-state index contributed by atoms with van der Waals surface area (Å²) in [7, 11) is 0. The maximum atomic E-state index is 13.5. The third-order valence-corrected chi connectivity index (χ3v) is 5.45. The number of hydrogen-bond donors (Lipinski definition) is 1. The molecule has 6 heteroatoms. The van der Waals surface area contributed by atoms with E-state index < -0.39 is 0 Å². The van der Waals surface area contributed by atoms with Gasteiger partial charge >= 0.3 is 0 Å². The Hall–Kier alpha value is -2.15. The van der Waals surface area contributed by atoms with Crippen LogP contribution in [-0.4, -0.2) is 59.7 Å². The fourth-order valence-electron chi connectivity index (χ4n) is 3.96. The lowest BCUT2D eigenvalue weighted by Crippen LogP contribution is -2.50. The molecule has 4 rings (SSSR count). The number of amides is 1. The topological polar surface area (TPSA) is 66.2 Å². The Bertz CT molecular complexity index is 726. The van der Waals surface area contributed by atoms with E-state index in [9.17, 15) is 9.90 Å². The van der Waals surface area contributed by atoms with Gasteiger partial charge in [0, 0.05) is 19.6 Å². The molecule has 2 atom stereocenters. The number of nitrogens with zero attached hydrogens (tertiary/aromatic N) is 2. The molecule has 3 heterocycles. The summed E-state index contributed by atoms with van der Waals surface area (Å²) >= 11 is 0. The maximum absolute atomic E-state index is 13.5. The first-order valence-corrected chi connectivity index (χ1v) is 9.63. The first-order chi connectivity index (χ1) is 13.2. The van der Waals surface area contributed by atoms with Crippen LogP contribution in [0.15, 0.2) is 53.1 Å². The van der Waals surface area contributed by atoms with E-state index in [4.69, 9.17) is 9.15 Å². The zero-order valence-corrected chi connectivity index (χ0v) is 15.4. The molecule has 0 spiro atoms. The molecule has 0 radical (unpaired) electrons. The number of hydrogen-bond acceptors (Lipinski definition) is 5. The van der Waals surface area contributed by atoms with Crippen LogP contribution >= 0.6 is 0 Å². The lowest BCUT2D eigenvalue weighted by Gasteiger charge is -2.40. The lowest BCUT2D eigenvalue weighted by molar-refractivity contribution is -0.146. The number of carbonyl (C=O) groups excluding carboxylic acids is 1. The van der Waals surface area contributed by atoms with Gasteiger partial charge in [-0.25, -0.2) is 0 Å². The number of likely N-dealkylation sites (tertiary alicyclic amines) is 1. The molecule has 0 saturated carbocycles. The first-order valence-electron chi connectivity index (χ1n) is 9.63. The molecule has 2 unspecified atom stereocenters. The minimum atomic E-state index is -0.325. The number of furan rings is 1. The van der Waals surface area contributed by atoms with Crippen LogP contribution in [-0.2, 0) is 9.53 Å². The van der Waals surface area contributed by atoms with Crippen molar-refractivity contribution in [3.8, 4) is 0 Å². The summed E-state index contributed by atoms with van der Waals surface area (Å²) in [6.07, 6.45) is 2.55. The molecular weight excluding hydrogens is 344 g/mol. The molecule has 1 N–H and O–H groups in total. The third-order valence-electron chi connectivity index (χ3n) is 5.45. The summed E-state index contributed by atoms with van der Waals surface area (Å²) in [5.41, 5.74) is 1.000. The van der Waals surface area contributed by atoms with Crippen molar-refractivity contribution in [2.75, 3.05) is 32.8 Å². The molecule has 1 amide bonds. The lowest BCUT2D eigenvalue weighted by atomic mass is 9.99. The largest absolute Gasteiger partial charge is 0.467 e. The Labute approximate surface area is 159 Å². The van der Waals surface area contributed by atoms with Crippen molar-refractivity contribution in [1.82, 2.24) is 9.80 Å². The fraction of sp³-hybridized carbons (Fsp3) is 0.476. The van der Waals surface area contributed by atoms with E-state index in [1.807, 2.05) is 47.4 Å². The second-order valence-corrected chi connectivity index (χ2v) is 7.24. The van der Waals surface area contributed by atoms with Crippen molar-refractivity contribution in [3.05, 3.63) is 60.1 Å². The van der Waals surface area contributed by atoms with Gasteiger partial charge in [-0.1, -0.05) is 30.3 Å². The van der Waals surface area contributed by atoms with Gasteiger partial charge in [-0.3, -0.25) is 9.69 Å². The Morgan fingerprint density at radius 3 is 2.56 bits per heavy atom. The number of carbonyl (C=O) groups is 1. The van der Waals surface area contributed by atoms with E-state index in [1.54, 1.807) is 6.26 Å². The molecule has 1 aromatic carbocycles. The SMILES string of the molecule is O=C(C(c1ccccc1)N1CCC(O)CC1)N1CCOC(c2ccco2)C1. The molecule has 2 aromatic rings. The van der Waals surface area contributed by atoms with Crippen LogP contribution in [0.1, 0.15) is 36.3 Å². The van der Waals surface area contributed by atoms with Crippen molar-refractivity contribution < 1.29 is 19.1 Å². The Morgan fingerprint density at radius 2 is 1.85 bits per heavy atom. The van der Waals surface area contributed by atoms with Gasteiger partial charge in [0.05, 0.1) is 25.5 Å². The highest BCUT2D eigenvalue weighted by Gasteiger charge is 2.36. The van der Waals surface area contributed by atoms with E-state index >= 15 is 0 Å². The molecule has 27 heavy (non-hydrogen) atoms.